The van der Waals surface area contributed by atoms with Crippen LogP contribution in [0.2, 0.25) is 0 Å². The third kappa shape index (κ3) is 2.85. The third-order valence-electron chi connectivity index (χ3n) is 3.66. The molecule has 0 saturated carbocycles. The predicted molar refractivity (Wildman–Crippen MR) is 93.2 cm³/mol. The van der Waals surface area contributed by atoms with Crippen molar-refractivity contribution in [2.45, 2.75) is 13.5 Å². The predicted octanol–water partition coefficient (Wildman–Crippen LogP) is 4.13. The summed E-state index contributed by atoms with van der Waals surface area (Å²) in [6.07, 6.45) is 3.49. The number of pyridine rings is 1. The molecule has 0 saturated heterocycles. The molecule has 0 spiro atoms. The molecule has 0 atom stereocenters. The van der Waals surface area contributed by atoms with E-state index in [1.54, 1.807) is 29.2 Å². The Morgan fingerprint density at radius 1 is 1.25 bits per heavy atom. The molecule has 0 fully saturated rings. The minimum atomic E-state index is -0.230. The van der Waals surface area contributed by atoms with Crippen molar-refractivity contribution >= 4 is 33.2 Å². The lowest BCUT2D eigenvalue weighted by atomic mass is 10.2. The Morgan fingerprint density at radius 3 is 2.92 bits per heavy atom. The first kappa shape index (κ1) is 14.8. The second-order valence-electron chi connectivity index (χ2n) is 5.44. The topological polar surface area (TPSA) is 55.6 Å². The molecule has 120 valence electrons. The highest BCUT2D eigenvalue weighted by molar-refractivity contribution is 7.13. The van der Waals surface area contributed by atoms with Crippen LogP contribution in [-0.4, -0.2) is 19.7 Å². The maximum absolute atomic E-state index is 13.9. The van der Waals surface area contributed by atoms with Gasteiger partial charge in [0.25, 0.3) is 0 Å². The fraction of sp³-hybridized carbons (Fsp3) is 0.118. The summed E-state index contributed by atoms with van der Waals surface area (Å²) in [5.41, 5.74) is 2.46. The summed E-state index contributed by atoms with van der Waals surface area (Å²) in [5.74, 6) is 0.457. The van der Waals surface area contributed by atoms with Gasteiger partial charge in [-0.1, -0.05) is 18.2 Å². The van der Waals surface area contributed by atoms with Gasteiger partial charge in [-0.25, -0.2) is 14.4 Å². The van der Waals surface area contributed by atoms with Crippen molar-refractivity contribution in [3.8, 4) is 0 Å². The highest BCUT2D eigenvalue weighted by Crippen LogP contribution is 2.23. The molecular formula is C17H14FN5S. The van der Waals surface area contributed by atoms with E-state index in [1.807, 2.05) is 24.4 Å². The number of nitrogens with one attached hydrogen (secondary N) is 1. The van der Waals surface area contributed by atoms with E-state index in [9.17, 15) is 4.39 Å². The first-order valence-corrected chi connectivity index (χ1v) is 8.31. The van der Waals surface area contributed by atoms with Crippen LogP contribution in [0.3, 0.4) is 0 Å². The Labute approximate surface area is 141 Å². The molecule has 0 aliphatic heterocycles. The highest BCUT2D eigenvalue weighted by Gasteiger charge is 2.09. The maximum atomic E-state index is 13.9. The van der Waals surface area contributed by atoms with Crippen LogP contribution in [0.4, 0.5) is 15.3 Å². The van der Waals surface area contributed by atoms with Gasteiger partial charge in [0, 0.05) is 28.6 Å². The van der Waals surface area contributed by atoms with E-state index in [1.165, 1.54) is 17.4 Å². The van der Waals surface area contributed by atoms with Crippen molar-refractivity contribution in [3.05, 3.63) is 65.2 Å². The lowest BCUT2D eigenvalue weighted by Gasteiger charge is -2.06. The van der Waals surface area contributed by atoms with E-state index in [0.717, 1.165) is 21.7 Å². The quantitative estimate of drug-likeness (QED) is 0.607. The van der Waals surface area contributed by atoms with Crippen molar-refractivity contribution in [3.63, 3.8) is 0 Å². The van der Waals surface area contributed by atoms with E-state index >= 15 is 0 Å². The third-order valence-corrected chi connectivity index (χ3v) is 4.53. The van der Waals surface area contributed by atoms with Crippen molar-refractivity contribution in [1.29, 1.82) is 0 Å². The highest BCUT2D eigenvalue weighted by atomic mass is 32.1. The maximum Gasteiger partial charge on any atom is 0.188 e. The average Bonchev–Trinajstić information content (AvgIpc) is 3.16. The molecule has 3 heterocycles. The number of rotatable bonds is 4. The number of benzene rings is 1. The van der Waals surface area contributed by atoms with Gasteiger partial charge in [0.2, 0.25) is 0 Å². The number of anilines is 2. The van der Waals surface area contributed by atoms with Crippen molar-refractivity contribution in [2.24, 2.45) is 0 Å². The van der Waals surface area contributed by atoms with Crippen molar-refractivity contribution in [2.75, 3.05) is 5.32 Å². The molecule has 0 amide bonds. The number of halogens is 1. The van der Waals surface area contributed by atoms with E-state index in [4.69, 9.17) is 0 Å². The molecule has 4 aromatic rings. The molecule has 1 aromatic carbocycles. The van der Waals surface area contributed by atoms with Gasteiger partial charge in [-0.05, 0) is 13.0 Å². The standard InChI is InChI=1S/C17H14FN5S/c1-11-10-24-17(21-11)22-16-6-15-13(7-19-16)8-20-23(15)9-12-4-2-3-5-14(12)18/h2-8,10H,9H2,1H3,(H,19,21,22). The van der Waals surface area contributed by atoms with Crippen molar-refractivity contribution < 1.29 is 4.39 Å². The summed E-state index contributed by atoms with van der Waals surface area (Å²) in [5, 5.41) is 11.2. The lowest BCUT2D eigenvalue weighted by molar-refractivity contribution is 0.590. The number of hydrogen-bond acceptors (Lipinski definition) is 5. The van der Waals surface area contributed by atoms with E-state index in [0.29, 0.717) is 17.9 Å². The van der Waals surface area contributed by atoms with E-state index in [2.05, 4.69) is 20.4 Å². The molecule has 1 N–H and O–H groups in total. The normalized spacial score (nSPS) is 11.1. The minimum absolute atomic E-state index is 0.230. The molecule has 24 heavy (non-hydrogen) atoms. The van der Waals surface area contributed by atoms with Gasteiger partial charge in [0.05, 0.1) is 24.0 Å². The summed E-state index contributed by atoms with van der Waals surface area (Å²) < 4.78 is 15.6. The number of aromatic nitrogens is 4. The molecule has 0 aliphatic carbocycles. The fourth-order valence-corrected chi connectivity index (χ4v) is 3.17. The van der Waals surface area contributed by atoms with E-state index in [-0.39, 0.29) is 5.82 Å². The van der Waals surface area contributed by atoms with Gasteiger partial charge in [-0.15, -0.1) is 11.3 Å². The summed E-state index contributed by atoms with van der Waals surface area (Å²) >= 11 is 1.53. The van der Waals surface area contributed by atoms with Crippen LogP contribution in [0.25, 0.3) is 10.9 Å². The first-order valence-electron chi connectivity index (χ1n) is 7.43. The Morgan fingerprint density at radius 2 is 2.12 bits per heavy atom. The smallest absolute Gasteiger partial charge is 0.188 e. The molecule has 0 bridgehead atoms. The van der Waals surface area contributed by atoms with Crippen LogP contribution in [-0.2, 0) is 6.54 Å². The van der Waals surface area contributed by atoms with Gasteiger partial charge in [-0.2, -0.15) is 5.10 Å². The van der Waals surface area contributed by atoms with Gasteiger partial charge in [-0.3, -0.25) is 4.68 Å². The molecule has 0 radical (unpaired) electrons. The number of fused-ring (bicyclic) bond motifs is 1. The summed E-state index contributed by atoms with van der Waals surface area (Å²) in [6.45, 7) is 2.32. The number of aryl methyl sites for hydroxylation is 1. The fourth-order valence-electron chi connectivity index (χ4n) is 2.48. The van der Waals surface area contributed by atoms with Gasteiger partial charge in [0.1, 0.15) is 11.6 Å². The van der Waals surface area contributed by atoms with Crippen LogP contribution in [0.1, 0.15) is 11.3 Å². The monoisotopic (exact) mass is 339 g/mol. The summed E-state index contributed by atoms with van der Waals surface area (Å²) in [4.78, 5) is 8.75. The zero-order valence-corrected chi connectivity index (χ0v) is 13.7. The zero-order valence-electron chi connectivity index (χ0n) is 12.9. The summed E-state index contributed by atoms with van der Waals surface area (Å²) in [7, 11) is 0. The van der Waals surface area contributed by atoms with E-state index < -0.39 is 0 Å². The molecule has 4 rings (SSSR count). The molecule has 3 aromatic heterocycles. The largest absolute Gasteiger partial charge is 0.316 e. The molecule has 0 aliphatic rings. The second kappa shape index (κ2) is 6.01. The van der Waals surface area contributed by atoms with Crippen LogP contribution in [0.15, 0.2) is 48.1 Å². The SMILES string of the molecule is Cc1csc(Nc2cc3c(cn2)cnn3Cc2ccccc2F)n1. The minimum Gasteiger partial charge on any atom is -0.316 e. The summed E-state index contributed by atoms with van der Waals surface area (Å²) in [6, 6.07) is 8.63. The van der Waals surface area contributed by atoms with Crippen LogP contribution in [0.5, 0.6) is 0 Å². The number of nitrogens with zero attached hydrogens (tertiary/aromatic N) is 4. The Kier molecular flexibility index (Phi) is 3.70. The van der Waals surface area contributed by atoms with Gasteiger partial charge < -0.3 is 5.32 Å². The van der Waals surface area contributed by atoms with Crippen molar-refractivity contribution in [1.82, 2.24) is 19.7 Å². The number of hydrogen-bond donors (Lipinski definition) is 1. The Balaban J connectivity index is 1.67. The molecular weight excluding hydrogens is 325 g/mol. The zero-order chi connectivity index (χ0) is 16.5. The Hall–Kier alpha value is -2.80. The van der Waals surface area contributed by atoms with Crippen LogP contribution >= 0.6 is 11.3 Å². The average molecular weight is 339 g/mol. The lowest BCUT2D eigenvalue weighted by Crippen LogP contribution is -2.03. The Bertz CT molecular complexity index is 1010. The number of thiazole rings is 1. The molecule has 7 heteroatoms. The van der Waals surface area contributed by atoms with Gasteiger partial charge in [0.15, 0.2) is 5.13 Å². The van der Waals surface area contributed by atoms with Gasteiger partial charge >= 0.3 is 0 Å². The second-order valence-corrected chi connectivity index (χ2v) is 6.30. The molecule has 0 unspecified atom stereocenters. The van der Waals surface area contributed by atoms with Crippen LogP contribution in [0, 0.1) is 12.7 Å². The molecule has 5 nitrogen and oxygen atoms in total. The first-order chi connectivity index (χ1) is 11.7. The van der Waals surface area contributed by atoms with Crippen LogP contribution < -0.4 is 5.32 Å².